The van der Waals surface area contributed by atoms with E-state index in [1.54, 1.807) is 6.20 Å². The average Bonchev–Trinajstić information content (AvgIpc) is 3.23. The van der Waals surface area contributed by atoms with Gasteiger partial charge in [-0.2, -0.15) is 4.98 Å². The van der Waals surface area contributed by atoms with Gasteiger partial charge >= 0.3 is 0 Å². The largest absolute Gasteiger partial charge is 0.376 e. The van der Waals surface area contributed by atoms with Crippen molar-refractivity contribution in [3.05, 3.63) is 30.3 Å². The Morgan fingerprint density at radius 2 is 2.36 bits per heavy atom. The van der Waals surface area contributed by atoms with Crippen molar-refractivity contribution in [1.29, 1.82) is 0 Å². The summed E-state index contributed by atoms with van der Waals surface area (Å²) in [5.74, 6) is 0.844. The molecular formula is C15H18N4O3. The minimum Gasteiger partial charge on any atom is -0.376 e. The van der Waals surface area contributed by atoms with E-state index in [2.05, 4.69) is 20.4 Å². The highest BCUT2D eigenvalue weighted by atomic mass is 16.5. The van der Waals surface area contributed by atoms with Crippen LogP contribution in [0.1, 0.15) is 25.2 Å². The first-order valence-electron chi connectivity index (χ1n) is 7.43. The Morgan fingerprint density at radius 1 is 1.41 bits per heavy atom. The number of pyridine rings is 1. The molecule has 0 aliphatic carbocycles. The van der Waals surface area contributed by atoms with Gasteiger partial charge in [-0.3, -0.25) is 9.78 Å². The summed E-state index contributed by atoms with van der Waals surface area (Å²) < 4.78 is 10.6. The quantitative estimate of drug-likeness (QED) is 0.866. The maximum Gasteiger partial charge on any atom is 0.227 e. The van der Waals surface area contributed by atoms with Gasteiger partial charge in [-0.05, 0) is 25.0 Å². The molecule has 2 aromatic rings. The summed E-state index contributed by atoms with van der Waals surface area (Å²) >= 11 is 0. The molecule has 3 heterocycles. The van der Waals surface area contributed by atoms with Gasteiger partial charge < -0.3 is 14.6 Å². The molecule has 1 aliphatic heterocycles. The van der Waals surface area contributed by atoms with Gasteiger partial charge in [-0.1, -0.05) is 11.2 Å². The Kier molecular flexibility index (Phi) is 4.75. The predicted molar refractivity (Wildman–Crippen MR) is 77.8 cm³/mol. The number of ether oxygens (including phenoxy) is 1. The van der Waals surface area contributed by atoms with E-state index in [9.17, 15) is 4.79 Å². The summed E-state index contributed by atoms with van der Waals surface area (Å²) in [7, 11) is 0. The number of nitrogens with one attached hydrogen (secondary N) is 1. The molecule has 0 unspecified atom stereocenters. The molecule has 0 bridgehead atoms. The van der Waals surface area contributed by atoms with Crippen LogP contribution in [0.15, 0.2) is 28.9 Å². The van der Waals surface area contributed by atoms with Crippen LogP contribution >= 0.6 is 0 Å². The summed E-state index contributed by atoms with van der Waals surface area (Å²) in [6.07, 6.45) is 4.64. The van der Waals surface area contributed by atoms with E-state index in [1.807, 2.05) is 18.2 Å². The zero-order valence-corrected chi connectivity index (χ0v) is 12.2. The molecule has 7 heteroatoms. The molecule has 116 valence electrons. The molecule has 1 N–H and O–H groups in total. The van der Waals surface area contributed by atoms with Crippen molar-refractivity contribution in [2.45, 2.75) is 31.8 Å². The normalized spacial score (nSPS) is 17.5. The lowest BCUT2D eigenvalue weighted by atomic mass is 10.2. The average molecular weight is 302 g/mol. The number of aromatic nitrogens is 3. The van der Waals surface area contributed by atoms with Gasteiger partial charge in [-0.15, -0.1) is 0 Å². The molecule has 1 fully saturated rings. The lowest BCUT2D eigenvalue weighted by molar-refractivity contribution is -0.121. The standard InChI is InChI=1S/C15H18N4O3/c20-13(17-10-11-4-3-9-21-11)6-7-14-18-15(19-22-14)12-5-1-2-8-16-12/h1-2,5,8,11H,3-4,6-7,9-10H2,(H,17,20)/t11-/m0/s1. The highest BCUT2D eigenvalue weighted by Crippen LogP contribution is 2.13. The van der Waals surface area contributed by atoms with Crippen molar-refractivity contribution >= 4 is 5.91 Å². The van der Waals surface area contributed by atoms with Crippen molar-refractivity contribution < 1.29 is 14.1 Å². The molecule has 7 nitrogen and oxygen atoms in total. The zero-order valence-electron chi connectivity index (χ0n) is 12.2. The highest BCUT2D eigenvalue weighted by Gasteiger charge is 2.16. The highest BCUT2D eigenvalue weighted by molar-refractivity contribution is 5.76. The van der Waals surface area contributed by atoms with Crippen LogP contribution in [0.4, 0.5) is 0 Å². The van der Waals surface area contributed by atoms with Gasteiger partial charge in [0.05, 0.1) is 6.10 Å². The van der Waals surface area contributed by atoms with E-state index in [1.165, 1.54) is 0 Å². The third-order valence-corrected chi connectivity index (χ3v) is 3.48. The summed E-state index contributed by atoms with van der Waals surface area (Å²) in [6.45, 7) is 1.36. The molecule has 0 aromatic carbocycles. The van der Waals surface area contributed by atoms with Gasteiger partial charge in [0.1, 0.15) is 5.69 Å². The van der Waals surface area contributed by atoms with Crippen LogP contribution in [0.3, 0.4) is 0 Å². The first-order valence-corrected chi connectivity index (χ1v) is 7.43. The van der Waals surface area contributed by atoms with Crippen LogP contribution in [0.5, 0.6) is 0 Å². The molecule has 2 aromatic heterocycles. The van der Waals surface area contributed by atoms with E-state index in [0.29, 0.717) is 36.8 Å². The number of nitrogens with zero attached hydrogens (tertiary/aromatic N) is 3. The SMILES string of the molecule is O=C(CCc1nc(-c2ccccn2)no1)NC[C@@H]1CCCO1. The number of rotatable bonds is 6. The predicted octanol–water partition coefficient (Wildman–Crippen LogP) is 1.36. The number of amides is 1. The molecule has 1 amide bonds. The smallest absolute Gasteiger partial charge is 0.227 e. The number of carbonyl (C=O) groups is 1. The third-order valence-electron chi connectivity index (χ3n) is 3.48. The monoisotopic (exact) mass is 302 g/mol. The van der Waals surface area contributed by atoms with Crippen LogP contribution in [0.2, 0.25) is 0 Å². The molecule has 1 aliphatic rings. The fourth-order valence-electron chi connectivity index (χ4n) is 2.30. The van der Waals surface area contributed by atoms with Gasteiger partial charge in [0.25, 0.3) is 0 Å². The summed E-state index contributed by atoms with van der Waals surface area (Å²) in [5.41, 5.74) is 0.653. The van der Waals surface area contributed by atoms with Gasteiger partial charge in [0.2, 0.25) is 17.6 Å². The van der Waals surface area contributed by atoms with Gasteiger partial charge in [0.15, 0.2) is 0 Å². The second-order valence-electron chi connectivity index (χ2n) is 5.17. The lowest BCUT2D eigenvalue weighted by Crippen LogP contribution is -2.31. The van der Waals surface area contributed by atoms with Gasteiger partial charge in [-0.25, -0.2) is 0 Å². The number of aryl methyl sites for hydroxylation is 1. The van der Waals surface area contributed by atoms with E-state index >= 15 is 0 Å². The maximum absolute atomic E-state index is 11.8. The Bertz CT molecular complexity index is 608. The van der Waals surface area contributed by atoms with E-state index in [4.69, 9.17) is 9.26 Å². The number of hydrogen-bond donors (Lipinski definition) is 1. The van der Waals surface area contributed by atoms with Crippen LogP contribution < -0.4 is 5.32 Å². The number of hydrogen-bond acceptors (Lipinski definition) is 6. The molecule has 0 radical (unpaired) electrons. The molecule has 0 saturated carbocycles. The fourth-order valence-corrected chi connectivity index (χ4v) is 2.30. The van der Waals surface area contributed by atoms with Crippen molar-refractivity contribution in [2.24, 2.45) is 0 Å². The molecule has 1 atom stereocenters. The topological polar surface area (TPSA) is 90.1 Å². The Hall–Kier alpha value is -2.28. The second-order valence-corrected chi connectivity index (χ2v) is 5.17. The summed E-state index contributed by atoms with van der Waals surface area (Å²) in [4.78, 5) is 20.2. The van der Waals surface area contributed by atoms with Crippen LogP contribution in [-0.2, 0) is 16.0 Å². The van der Waals surface area contributed by atoms with Crippen LogP contribution in [0.25, 0.3) is 11.5 Å². The number of carbonyl (C=O) groups excluding carboxylic acids is 1. The minimum absolute atomic E-state index is 0.0342. The first kappa shape index (κ1) is 14.6. The van der Waals surface area contributed by atoms with E-state index in [-0.39, 0.29) is 12.0 Å². The minimum atomic E-state index is -0.0342. The summed E-state index contributed by atoms with van der Waals surface area (Å²) in [6, 6.07) is 5.49. The molecular weight excluding hydrogens is 284 g/mol. The van der Waals surface area contributed by atoms with Crippen LogP contribution in [0, 0.1) is 0 Å². The van der Waals surface area contributed by atoms with Gasteiger partial charge in [0, 0.05) is 32.2 Å². The Labute approximate surface area is 128 Å². The van der Waals surface area contributed by atoms with Crippen molar-refractivity contribution in [3.8, 4) is 11.5 Å². The zero-order chi connectivity index (χ0) is 15.2. The maximum atomic E-state index is 11.8. The van der Waals surface area contributed by atoms with E-state index in [0.717, 1.165) is 19.4 Å². The molecule has 1 saturated heterocycles. The first-order chi connectivity index (χ1) is 10.8. The van der Waals surface area contributed by atoms with Crippen LogP contribution in [-0.4, -0.2) is 40.3 Å². The molecule has 22 heavy (non-hydrogen) atoms. The Balaban J connectivity index is 1.45. The second kappa shape index (κ2) is 7.13. The van der Waals surface area contributed by atoms with Crippen molar-refractivity contribution in [3.63, 3.8) is 0 Å². The molecule has 3 rings (SSSR count). The molecule has 0 spiro atoms. The van der Waals surface area contributed by atoms with Crippen molar-refractivity contribution in [2.75, 3.05) is 13.2 Å². The van der Waals surface area contributed by atoms with E-state index < -0.39 is 0 Å². The fraction of sp³-hybridized carbons (Fsp3) is 0.467. The van der Waals surface area contributed by atoms with Crippen molar-refractivity contribution in [1.82, 2.24) is 20.4 Å². The lowest BCUT2D eigenvalue weighted by Gasteiger charge is -2.09. The third kappa shape index (κ3) is 3.88. The Morgan fingerprint density at radius 3 is 3.14 bits per heavy atom. The summed E-state index contributed by atoms with van der Waals surface area (Å²) in [5, 5.41) is 6.74.